The van der Waals surface area contributed by atoms with Gasteiger partial charge in [-0.2, -0.15) is 0 Å². The maximum absolute atomic E-state index is 13.6. The Labute approximate surface area is 172 Å². The summed E-state index contributed by atoms with van der Waals surface area (Å²) in [5.74, 6) is 0.111. The van der Waals surface area contributed by atoms with Crippen molar-refractivity contribution >= 4 is 11.9 Å². The molecule has 29 heavy (non-hydrogen) atoms. The highest BCUT2D eigenvalue weighted by molar-refractivity contribution is 6.07. The van der Waals surface area contributed by atoms with E-state index in [0.29, 0.717) is 6.42 Å². The fourth-order valence-corrected chi connectivity index (χ4v) is 4.86. The summed E-state index contributed by atoms with van der Waals surface area (Å²) in [6, 6.07) is 18.0. The van der Waals surface area contributed by atoms with E-state index in [4.69, 9.17) is 0 Å². The van der Waals surface area contributed by atoms with E-state index in [1.807, 2.05) is 37.4 Å². The normalized spacial score (nSPS) is 23.8. The number of fused-ring (bicyclic) bond motifs is 1. The van der Waals surface area contributed by atoms with Gasteiger partial charge in [0.2, 0.25) is 0 Å². The van der Waals surface area contributed by atoms with Crippen molar-refractivity contribution in [3.05, 3.63) is 71.3 Å². The smallest absolute Gasteiger partial charge is 0.319 e. The third-order valence-corrected chi connectivity index (χ3v) is 6.15. The first-order valence-corrected chi connectivity index (χ1v) is 10.4. The quantitative estimate of drug-likeness (QED) is 0.756. The molecule has 0 saturated carbocycles. The average Bonchev–Trinajstić information content (AvgIpc) is 3.24. The Bertz CT molecular complexity index is 911. The van der Waals surface area contributed by atoms with E-state index in [1.165, 1.54) is 16.0 Å². The van der Waals surface area contributed by atoms with Crippen molar-refractivity contribution < 1.29 is 9.59 Å². The van der Waals surface area contributed by atoms with Crippen LogP contribution in [-0.2, 0) is 16.8 Å². The molecule has 1 heterocycles. The molecule has 2 aromatic carbocycles. The van der Waals surface area contributed by atoms with E-state index in [2.05, 4.69) is 48.3 Å². The van der Waals surface area contributed by atoms with E-state index in [1.54, 1.807) is 0 Å². The first-order chi connectivity index (χ1) is 13.9. The van der Waals surface area contributed by atoms with Gasteiger partial charge in [-0.3, -0.25) is 9.69 Å². The molecule has 2 atom stereocenters. The van der Waals surface area contributed by atoms with Crippen LogP contribution in [0, 0.1) is 5.92 Å². The van der Waals surface area contributed by atoms with Crippen molar-refractivity contribution in [2.24, 2.45) is 5.92 Å². The number of nitrogens with zero attached hydrogens (tertiary/aromatic N) is 2. The van der Waals surface area contributed by atoms with Crippen LogP contribution in [0.2, 0.25) is 0 Å². The lowest BCUT2D eigenvalue weighted by molar-refractivity contribution is -0.133. The number of hydrogen-bond acceptors (Lipinski definition) is 3. The van der Waals surface area contributed by atoms with Crippen molar-refractivity contribution in [2.75, 3.05) is 13.7 Å². The van der Waals surface area contributed by atoms with E-state index >= 15 is 0 Å². The number of imide groups is 1. The fourth-order valence-electron chi connectivity index (χ4n) is 4.86. The predicted octanol–water partition coefficient (Wildman–Crippen LogP) is 4.06. The minimum Gasteiger partial charge on any atom is -0.319 e. The Morgan fingerprint density at radius 1 is 1.10 bits per heavy atom. The lowest BCUT2D eigenvalue weighted by Gasteiger charge is -2.31. The van der Waals surface area contributed by atoms with Gasteiger partial charge < -0.3 is 5.32 Å². The first-order valence-electron chi connectivity index (χ1n) is 10.4. The molecule has 1 aliphatic carbocycles. The van der Waals surface area contributed by atoms with Crippen LogP contribution in [0.4, 0.5) is 4.79 Å². The van der Waals surface area contributed by atoms with Gasteiger partial charge in [0.05, 0.1) is 6.67 Å². The molecule has 2 aliphatic rings. The molecule has 152 valence electrons. The van der Waals surface area contributed by atoms with Gasteiger partial charge in [0.25, 0.3) is 5.91 Å². The number of hydrogen-bond donors (Lipinski definition) is 1. The molecule has 0 spiro atoms. The summed E-state index contributed by atoms with van der Waals surface area (Å²) in [7, 11) is 2.00. The van der Waals surface area contributed by atoms with E-state index in [0.717, 1.165) is 18.4 Å². The molecule has 2 unspecified atom stereocenters. The average molecular weight is 392 g/mol. The van der Waals surface area contributed by atoms with Gasteiger partial charge >= 0.3 is 6.03 Å². The maximum atomic E-state index is 13.6. The van der Waals surface area contributed by atoms with Crippen LogP contribution in [0.1, 0.15) is 49.4 Å². The van der Waals surface area contributed by atoms with Crippen LogP contribution >= 0.6 is 0 Å². The molecule has 4 rings (SSSR count). The lowest BCUT2D eigenvalue weighted by atomic mass is 9.82. The Kier molecular flexibility index (Phi) is 5.17. The standard InChI is InChI=1S/C24H29N3O2/c1-17(2)15-24(19-10-5-4-6-11-19)22(28)27(23(29)25-24)16-26(3)21-14-13-18-9-7-8-12-20(18)21/h4-12,17,21H,13-16H2,1-3H3,(H,25,29). The number of carbonyl (C=O) groups excluding carboxylic acids is 2. The zero-order chi connectivity index (χ0) is 20.6. The Hall–Kier alpha value is -2.66. The highest BCUT2D eigenvalue weighted by Crippen LogP contribution is 2.38. The van der Waals surface area contributed by atoms with Crippen molar-refractivity contribution in [2.45, 2.75) is 44.7 Å². The van der Waals surface area contributed by atoms with Gasteiger partial charge in [-0.25, -0.2) is 9.69 Å². The van der Waals surface area contributed by atoms with Crippen LogP contribution < -0.4 is 5.32 Å². The number of carbonyl (C=O) groups is 2. The molecule has 1 saturated heterocycles. The molecule has 1 fully saturated rings. The van der Waals surface area contributed by atoms with Gasteiger partial charge in [-0.1, -0.05) is 68.4 Å². The molecule has 0 aromatic heterocycles. The molecule has 1 aliphatic heterocycles. The maximum Gasteiger partial charge on any atom is 0.326 e. The van der Waals surface area contributed by atoms with E-state index in [-0.39, 0.29) is 30.6 Å². The van der Waals surface area contributed by atoms with Crippen molar-refractivity contribution in [3.8, 4) is 0 Å². The molecule has 0 radical (unpaired) electrons. The second kappa shape index (κ2) is 7.64. The van der Waals surface area contributed by atoms with E-state index in [9.17, 15) is 9.59 Å². The summed E-state index contributed by atoms with van der Waals surface area (Å²) in [5, 5.41) is 3.04. The first kappa shape index (κ1) is 19.6. The summed E-state index contributed by atoms with van der Waals surface area (Å²) in [6.45, 7) is 4.44. The molecular weight excluding hydrogens is 362 g/mol. The summed E-state index contributed by atoms with van der Waals surface area (Å²) in [5.41, 5.74) is 2.53. The zero-order valence-corrected chi connectivity index (χ0v) is 17.4. The topological polar surface area (TPSA) is 52.7 Å². The van der Waals surface area contributed by atoms with E-state index < -0.39 is 5.54 Å². The zero-order valence-electron chi connectivity index (χ0n) is 17.4. The molecule has 1 N–H and O–H groups in total. The van der Waals surface area contributed by atoms with Gasteiger partial charge in [0, 0.05) is 6.04 Å². The number of amides is 3. The highest BCUT2D eigenvalue weighted by atomic mass is 16.2. The molecule has 3 amide bonds. The third-order valence-electron chi connectivity index (χ3n) is 6.15. The number of urea groups is 1. The van der Waals surface area contributed by atoms with Gasteiger partial charge in [0.15, 0.2) is 0 Å². The molecule has 2 aromatic rings. The second-order valence-corrected chi connectivity index (χ2v) is 8.68. The van der Waals surface area contributed by atoms with Gasteiger partial charge in [0.1, 0.15) is 5.54 Å². The number of aryl methyl sites for hydroxylation is 1. The van der Waals surface area contributed by atoms with Crippen molar-refractivity contribution in [3.63, 3.8) is 0 Å². The molecular formula is C24H29N3O2. The molecule has 5 heteroatoms. The van der Waals surface area contributed by atoms with Crippen LogP contribution in [-0.4, -0.2) is 35.5 Å². The summed E-state index contributed by atoms with van der Waals surface area (Å²) < 4.78 is 0. The second-order valence-electron chi connectivity index (χ2n) is 8.68. The Morgan fingerprint density at radius 3 is 2.52 bits per heavy atom. The highest BCUT2D eigenvalue weighted by Gasteiger charge is 2.52. The summed E-state index contributed by atoms with van der Waals surface area (Å²) in [6.07, 6.45) is 2.62. The minimum absolute atomic E-state index is 0.152. The van der Waals surface area contributed by atoms with Gasteiger partial charge in [-0.05, 0) is 48.9 Å². The number of rotatable bonds is 6. The SMILES string of the molecule is CC(C)CC1(c2ccccc2)NC(=O)N(CN(C)C2CCc3ccccc32)C1=O. The third kappa shape index (κ3) is 3.44. The summed E-state index contributed by atoms with van der Waals surface area (Å²) >= 11 is 0. The number of benzene rings is 2. The van der Waals surface area contributed by atoms with Crippen LogP contribution in [0.3, 0.4) is 0 Å². The van der Waals surface area contributed by atoms with Gasteiger partial charge in [-0.15, -0.1) is 0 Å². The van der Waals surface area contributed by atoms with Crippen molar-refractivity contribution in [1.29, 1.82) is 0 Å². The monoisotopic (exact) mass is 391 g/mol. The minimum atomic E-state index is -0.985. The Balaban J connectivity index is 1.59. The molecule has 5 nitrogen and oxygen atoms in total. The van der Waals surface area contributed by atoms with Crippen LogP contribution in [0.25, 0.3) is 0 Å². The Morgan fingerprint density at radius 2 is 1.79 bits per heavy atom. The fraction of sp³-hybridized carbons (Fsp3) is 0.417. The summed E-state index contributed by atoms with van der Waals surface area (Å²) in [4.78, 5) is 30.0. The van der Waals surface area contributed by atoms with Crippen LogP contribution in [0.5, 0.6) is 0 Å². The molecule has 0 bridgehead atoms. The van der Waals surface area contributed by atoms with Crippen molar-refractivity contribution in [1.82, 2.24) is 15.1 Å². The lowest BCUT2D eigenvalue weighted by Crippen LogP contribution is -2.46. The van der Waals surface area contributed by atoms with Crippen LogP contribution in [0.15, 0.2) is 54.6 Å². The largest absolute Gasteiger partial charge is 0.326 e. The predicted molar refractivity (Wildman–Crippen MR) is 113 cm³/mol. The number of nitrogens with one attached hydrogen (secondary N) is 1.